The summed E-state index contributed by atoms with van der Waals surface area (Å²) in [7, 11) is 0. The van der Waals surface area contributed by atoms with Crippen LogP contribution in [0.5, 0.6) is 17.2 Å². The summed E-state index contributed by atoms with van der Waals surface area (Å²) in [6, 6.07) is 20.2. The molecule has 0 radical (unpaired) electrons. The fourth-order valence-electron chi connectivity index (χ4n) is 4.81. The first-order valence-electron chi connectivity index (χ1n) is 11.9. The molecule has 5 nitrogen and oxygen atoms in total. The van der Waals surface area contributed by atoms with E-state index in [-0.39, 0.29) is 18.3 Å². The lowest BCUT2D eigenvalue weighted by molar-refractivity contribution is 0.0668. The van der Waals surface area contributed by atoms with Gasteiger partial charge in [-0.1, -0.05) is 29.8 Å². The smallest absolute Gasteiger partial charge is 0.150 e. The van der Waals surface area contributed by atoms with Crippen LogP contribution in [-0.2, 0) is 0 Å². The van der Waals surface area contributed by atoms with Gasteiger partial charge in [-0.25, -0.2) is 0 Å². The van der Waals surface area contributed by atoms with Crippen LogP contribution in [0.25, 0.3) is 11.1 Å². The Bertz CT molecular complexity index is 1340. The van der Waals surface area contributed by atoms with Crippen LogP contribution in [0.3, 0.4) is 0 Å². The number of hydrogen-bond donors (Lipinski definition) is 1. The third kappa shape index (κ3) is 4.77. The number of phenolic OH excluding ortho intramolecular Hbond substituents is 1. The first-order valence-corrected chi connectivity index (χ1v) is 12.3. The molecule has 0 amide bonds. The van der Waals surface area contributed by atoms with Gasteiger partial charge in [0.15, 0.2) is 0 Å². The SMILES string of the molecule is CC1=C(c2ccc(C#N)cc2Cl)[C@@H](c2ccc(OCCN3CC(CF)C3)cc2)Oc2ccc(O)cc21. The van der Waals surface area contributed by atoms with Gasteiger partial charge in [0.05, 0.1) is 18.3 Å². The Balaban J connectivity index is 1.42. The number of rotatable bonds is 7. The summed E-state index contributed by atoms with van der Waals surface area (Å²) < 4.78 is 25.0. The number of nitriles is 1. The predicted octanol–water partition coefficient (Wildman–Crippen LogP) is 6.26. The second-order valence-corrected chi connectivity index (χ2v) is 9.63. The number of nitrogens with zero attached hydrogens (tertiary/aromatic N) is 2. The van der Waals surface area contributed by atoms with Crippen molar-refractivity contribution in [1.29, 1.82) is 5.26 Å². The van der Waals surface area contributed by atoms with Crippen molar-refractivity contribution in [2.75, 3.05) is 32.9 Å². The summed E-state index contributed by atoms with van der Waals surface area (Å²) in [4.78, 5) is 2.19. The van der Waals surface area contributed by atoms with Crippen LogP contribution < -0.4 is 9.47 Å². The summed E-state index contributed by atoms with van der Waals surface area (Å²) in [5, 5.41) is 19.8. The standard InChI is InChI=1S/C29H26ClFN2O3/c1-18-25-13-22(34)5-9-27(25)36-29(28(18)24-8-2-19(15-32)12-26(24)30)21-3-6-23(7-4-21)35-11-10-33-16-20(14-31)17-33/h2-9,12-13,20,29,34H,10-11,14,16-17H2,1H3/t29-/m1/s1. The molecule has 2 aliphatic heterocycles. The number of ether oxygens (including phenoxy) is 2. The van der Waals surface area contributed by atoms with Gasteiger partial charge in [-0.05, 0) is 60.5 Å². The Hall–Kier alpha value is -3.53. The molecule has 36 heavy (non-hydrogen) atoms. The highest BCUT2D eigenvalue weighted by molar-refractivity contribution is 6.33. The number of aromatic hydroxyl groups is 1. The van der Waals surface area contributed by atoms with Gasteiger partial charge >= 0.3 is 0 Å². The number of alkyl halides is 1. The van der Waals surface area contributed by atoms with Crippen molar-refractivity contribution in [3.63, 3.8) is 0 Å². The van der Waals surface area contributed by atoms with Crippen LogP contribution in [0.2, 0.25) is 5.02 Å². The molecule has 1 saturated heterocycles. The molecule has 0 bridgehead atoms. The maximum absolute atomic E-state index is 12.6. The number of benzene rings is 3. The minimum absolute atomic E-state index is 0.153. The van der Waals surface area contributed by atoms with E-state index in [4.69, 9.17) is 21.1 Å². The minimum Gasteiger partial charge on any atom is -0.508 e. The summed E-state index contributed by atoms with van der Waals surface area (Å²) in [5.74, 6) is 1.75. The summed E-state index contributed by atoms with van der Waals surface area (Å²) in [6.45, 7) is 4.64. The molecule has 0 spiro atoms. The van der Waals surface area contributed by atoms with E-state index in [1.165, 1.54) is 0 Å². The van der Waals surface area contributed by atoms with Gasteiger partial charge in [0.1, 0.15) is 30.0 Å². The molecule has 5 rings (SSSR count). The predicted molar refractivity (Wildman–Crippen MR) is 138 cm³/mol. The van der Waals surface area contributed by atoms with Crippen LogP contribution in [0.15, 0.2) is 60.7 Å². The molecule has 0 aliphatic carbocycles. The summed E-state index contributed by atoms with van der Waals surface area (Å²) in [6.07, 6.45) is -0.444. The highest BCUT2D eigenvalue weighted by atomic mass is 35.5. The molecule has 3 aromatic rings. The van der Waals surface area contributed by atoms with Crippen molar-refractivity contribution in [2.24, 2.45) is 5.92 Å². The van der Waals surface area contributed by atoms with Crippen LogP contribution in [0.4, 0.5) is 4.39 Å². The molecule has 2 aliphatic rings. The normalized spacial score (nSPS) is 17.7. The summed E-state index contributed by atoms with van der Waals surface area (Å²) >= 11 is 6.63. The van der Waals surface area contributed by atoms with Crippen LogP contribution in [-0.4, -0.2) is 42.9 Å². The van der Waals surface area contributed by atoms with Crippen molar-refractivity contribution >= 4 is 22.7 Å². The minimum atomic E-state index is -0.444. The van der Waals surface area contributed by atoms with Gasteiger partial charge in [0, 0.05) is 47.3 Å². The molecule has 0 unspecified atom stereocenters. The Kier molecular flexibility index (Phi) is 6.86. The highest BCUT2D eigenvalue weighted by Gasteiger charge is 2.31. The zero-order valence-electron chi connectivity index (χ0n) is 19.9. The highest BCUT2D eigenvalue weighted by Crippen LogP contribution is 2.48. The van der Waals surface area contributed by atoms with E-state index in [2.05, 4.69) is 11.0 Å². The van der Waals surface area contributed by atoms with Gasteiger partial charge in [-0.2, -0.15) is 5.26 Å². The van der Waals surface area contributed by atoms with Crippen molar-refractivity contribution in [3.8, 4) is 23.3 Å². The van der Waals surface area contributed by atoms with Crippen LogP contribution in [0, 0.1) is 17.2 Å². The maximum Gasteiger partial charge on any atom is 0.150 e. The van der Waals surface area contributed by atoms with Gasteiger partial charge in [-0.3, -0.25) is 9.29 Å². The number of likely N-dealkylation sites (tertiary alicyclic amines) is 1. The first kappa shape index (κ1) is 24.2. The molecule has 2 heterocycles. The molecule has 1 N–H and O–H groups in total. The molecule has 0 saturated carbocycles. The van der Waals surface area contributed by atoms with Crippen LogP contribution in [0.1, 0.15) is 35.3 Å². The Labute approximate surface area is 215 Å². The van der Waals surface area contributed by atoms with Gasteiger partial charge in [-0.15, -0.1) is 0 Å². The van der Waals surface area contributed by atoms with Crippen molar-refractivity contribution in [3.05, 3.63) is 87.9 Å². The van der Waals surface area contributed by atoms with E-state index in [1.807, 2.05) is 37.3 Å². The van der Waals surface area contributed by atoms with E-state index in [0.717, 1.165) is 53.2 Å². The lowest BCUT2D eigenvalue weighted by atomic mass is 9.86. The number of phenols is 1. The molecule has 0 aromatic heterocycles. The van der Waals surface area contributed by atoms with Gasteiger partial charge < -0.3 is 14.6 Å². The van der Waals surface area contributed by atoms with Gasteiger partial charge in [0.25, 0.3) is 0 Å². The maximum atomic E-state index is 12.6. The number of fused-ring (bicyclic) bond motifs is 1. The van der Waals surface area contributed by atoms with E-state index >= 15 is 0 Å². The molecular formula is C29H26ClFN2O3. The molecule has 184 valence electrons. The molecule has 3 aromatic carbocycles. The molecule has 7 heteroatoms. The monoisotopic (exact) mass is 504 g/mol. The lowest BCUT2D eigenvalue weighted by Crippen LogP contribution is -2.49. The zero-order chi connectivity index (χ0) is 25.2. The molecular weight excluding hydrogens is 479 g/mol. The Morgan fingerprint density at radius 3 is 2.58 bits per heavy atom. The fourth-order valence-corrected chi connectivity index (χ4v) is 5.09. The Morgan fingerprint density at radius 2 is 1.89 bits per heavy atom. The van der Waals surface area contributed by atoms with Crippen molar-refractivity contribution in [2.45, 2.75) is 13.0 Å². The third-order valence-electron chi connectivity index (χ3n) is 6.78. The van der Waals surface area contributed by atoms with Crippen LogP contribution >= 0.6 is 11.6 Å². The second kappa shape index (κ2) is 10.2. The van der Waals surface area contributed by atoms with Gasteiger partial charge in [0.2, 0.25) is 0 Å². The topological polar surface area (TPSA) is 65.7 Å². The van der Waals surface area contributed by atoms with Crippen molar-refractivity contribution < 1.29 is 19.0 Å². The quantitative estimate of drug-likeness (QED) is 0.411. The summed E-state index contributed by atoms with van der Waals surface area (Å²) in [5.41, 5.74) is 4.77. The van der Waals surface area contributed by atoms with E-state index in [0.29, 0.717) is 22.9 Å². The average Bonchev–Trinajstić information content (AvgIpc) is 2.86. The largest absolute Gasteiger partial charge is 0.508 e. The van der Waals surface area contributed by atoms with E-state index in [9.17, 15) is 14.8 Å². The third-order valence-corrected chi connectivity index (χ3v) is 7.09. The Morgan fingerprint density at radius 1 is 1.11 bits per heavy atom. The molecule has 1 atom stereocenters. The fraction of sp³-hybridized carbons (Fsp3) is 0.276. The lowest BCUT2D eigenvalue weighted by Gasteiger charge is -2.37. The first-order chi connectivity index (χ1) is 17.5. The molecule has 1 fully saturated rings. The second-order valence-electron chi connectivity index (χ2n) is 9.22. The number of halogens is 2. The number of allylic oxidation sites excluding steroid dienone is 1. The number of hydrogen-bond acceptors (Lipinski definition) is 5. The van der Waals surface area contributed by atoms with E-state index in [1.54, 1.807) is 30.3 Å². The average molecular weight is 505 g/mol. The zero-order valence-corrected chi connectivity index (χ0v) is 20.6. The van der Waals surface area contributed by atoms with Crippen molar-refractivity contribution in [1.82, 2.24) is 4.90 Å². The van der Waals surface area contributed by atoms with E-state index < -0.39 is 6.10 Å².